The molecule has 0 aliphatic rings. The molecule has 0 atom stereocenters. The summed E-state index contributed by atoms with van der Waals surface area (Å²) in [6.45, 7) is 0. The summed E-state index contributed by atoms with van der Waals surface area (Å²) in [6.07, 6.45) is 0. The molecule has 0 radical (unpaired) electrons. The lowest BCUT2D eigenvalue weighted by atomic mass is 10.3. The molecule has 0 aromatic heterocycles. The highest BCUT2D eigenvalue weighted by molar-refractivity contribution is 6.39. The number of hydrogen-bond donors (Lipinski definition) is 3. The predicted molar refractivity (Wildman–Crippen MR) is 52.5 cm³/mol. The number of ether oxygens (including phenoxy) is 1. The lowest BCUT2D eigenvalue weighted by molar-refractivity contribution is 0.407. The van der Waals surface area contributed by atoms with Crippen molar-refractivity contribution in [3.05, 3.63) is 30.3 Å². The molecule has 0 saturated heterocycles. The van der Waals surface area contributed by atoms with Crippen molar-refractivity contribution in [2.45, 2.75) is 0 Å². The molecule has 13 heavy (non-hydrogen) atoms. The molecule has 0 unspecified atom stereocenters. The second kappa shape index (κ2) is 4.25. The minimum Gasteiger partial charge on any atom is -0.479 e. The van der Waals surface area contributed by atoms with Crippen molar-refractivity contribution in [2.75, 3.05) is 12.4 Å². The van der Waals surface area contributed by atoms with Gasteiger partial charge in [-0.2, -0.15) is 0 Å². The Labute approximate surface area is 76.6 Å². The van der Waals surface area contributed by atoms with Crippen LogP contribution in [0.3, 0.4) is 0 Å². The Hall–Kier alpha value is -1.84. The summed E-state index contributed by atoms with van der Waals surface area (Å²) < 4.78 is 4.58. The third-order valence-corrected chi connectivity index (χ3v) is 1.47. The molecule has 4 nitrogen and oxygen atoms in total. The Bertz CT molecular complexity index is 308. The van der Waals surface area contributed by atoms with Crippen LogP contribution in [0.25, 0.3) is 0 Å². The Morgan fingerprint density at radius 1 is 1.23 bits per heavy atom. The van der Waals surface area contributed by atoms with E-state index in [4.69, 9.17) is 10.8 Å². The fourth-order valence-corrected chi connectivity index (χ4v) is 0.825. The number of nitrogens with one attached hydrogen (secondary N) is 3. The zero-order valence-corrected chi connectivity index (χ0v) is 7.29. The third-order valence-electron chi connectivity index (χ3n) is 1.47. The molecule has 0 spiro atoms. The van der Waals surface area contributed by atoms with Crippen LogP contribution in [0.1, 0.15) is 0 Å². The second-order valence-corrected chi connectivity index (χ2v) is 2.40. The summed E-state index contributed by atoms with van der Waals surface area (Å²) in [4.78, 5) is 0. The molecule has 1 aromatic rings. The van der Waals surface area contributed by atoms with Gasteiger partial charge in [0.25, 0.3) is 0 Å². The normalized spacial score (nSPS) is 9.00. The monoisotopic (exact) mass is 177 g/mol. The first-order valence-corrected chi connectivity index (χ1v) is 3.77. The molecule has 1 aromatic carbocycles. The van der Waals surface area contributed by atoms with Gasteiger partial charge in [0.15, 0.2) is 5.84 Å². The summed E-state index contributed by atoms with van der Waals surface area (Å²) in [5, 5.41) is 17.3. The maximum atomic E-state index is 7.37. The number of methoxy groups -OCH3 is 1. The van der Waals surface area contributed by atoms with Crippen LogP contribution in [0.4, 0.5) is 5.69 Å². The van der Waals surface area contributed by atoms with Crippen LogP contribution in [-0.2, 0) is 4.74 Å². The molecule has 0 heterocycles. The van der Waals surface area contributed by atoms with Gasteiger partial charge in [-0.15, -0.1) is 0 Å². The second-order valence-electron chi connectivity index (χ2n) is 2.40. The van der Waals surface area contributed by atoms with Gasteiger partial charge in [0.2, 0.25) is 5.90 Å². The van der Waals surface area contributed by atoms with Crippen LogP contribution in [-0.4, -0.2) is 18.8 Å². The van der Waals surface area contributed by atoms with E-state index in [1.165, 1.54) is 7.11 Å². The molecule has 0 saturated carbocycles. The van der Waals surface area contributed by atoms with Gasteiger partial charge in [0.05, 0.1) is 7.11 Å². The lowest BCUT2D eigenvalue weighted by Gasteiger charge is -2.06. The highest BCUT2D eigenvalue weighted by atomic mass is 16.5. The van der Waals surface area contributed by atoms with Crippen LogP contribution >= 0.6 is 0 Å². The van der Waals surface area contributed by atoms with E-state index < -0.39 is 0 Å². The van der Waals surface area contributed by atoms with Gasteiger partial charge in [0.1, 0.15) is 0 Å². The Kier molecular flexibility index (Phi) is 3.03. The molecular weight excluding hydrogens is 166 g/mol. The summed E-state index contributed by atoms with van der Waals surface area (Å²) in [5.41, 5.74) is 0.773. The van der Waals surface area contributed by atoms with E-state index in [2.05, 4.69) is 10.1 Å². The molecule has 0 bridgehead atoms. The van der Waals surface area contributed by atoms with Crippen LogP contribution in [0.5, 0.6) is 0 Å². The fourth-order valence-electron chi connectivity index (χ4n) is 0.825. The van der Waals surface area contributed by atoms with Crippen LogP contribution < -0.4 is 5.32 Å². The van der Waals surface area contributed by atoms with Crippen molar-refractivity contribution in [3.8, 4) is 0 Å². The van der Waals surface area contributed by atoms with Gasteiger partial charge in [0, 0.05) is 5.69 Å². The van der Waals surface area contributed by atoms with Crippen molar-refractivity contribution in [3.63, 3.8) is 0 Å². The Morgan fingerprint density at radius 2 is 1.85 bits per heavy atom. The van der Waals surface area contributed by atoms with Crippen molar-refractivity contribution in [1.29, 1.82) is 10.8 Å². The molecule has 0 aliphatic heterocycles. The molecule has 68 valence electrons. The SMILES string of the molecule is COC(=N)C(=N)Nc1ccccc1. The van der Waals surface area contributed by atoms with E-state index >= 15 is 0 Å². The van der Waals surface area contributed by atoms with Crippen molar-refractivity contribution < 1.29 is 4.74 Å². The summed E-state index contributed by atoms with van der Waals surface area (Å²) in [7, 11) is 1.36. The number of para-hydroxylation sites is 1. The largest absolute Gasteiger partial charge is 0.479 e. The Balaban J connectivity index is 2.60. The lowest BCUT2D eigenvalue weighted by Crippen LogP contribution is -2.22. The van der Waals surface area contributed by atoms with Crippen molar-refractivity contribution >= 4 is 17.4 Å². The maximum absolute atomic E-state index is 7.37. The number of rotatable bonds is 1. The first kappa shape index (κ1) is 9.25. The van der Waals surface area contributed by atoms with E-state index in [0.29, 0.717) is 0 Å². The summed E-state index contributed by atoms with van der Waals surface area (Å²) in [6, 6.07) is 9.23. The van der Waals surface area contributed by atoms with E-state index in [1.807, 2.05) is 30.3 Å². The molecule has 3 N–H and O–H groups in total. The molecule has 1 rings (SSSR count). The highest BCUT2D eigenvalue weighted by Gasteiger charge is 2.03. The van der Waals surface area contributed by atoms with Crippen molar-refractivity contribution in [1.82, 2.24) is 0 Å². The minimum absolute atomic E-state index is 0.0475. The van der Waals surface area contributed by atoms with Gasteiger partial charge >= 0.3 is 0 Å². The first-order valence-electron chi connectivity index (χ1n) is 3.77. The fraction of sp³-hybridized carbons (Fsp3) is 0.111. The molecule has 0 aliphatic carbocycles. The minimum atomic E-state index is -0.177. The van der Waals surface area contributed by atoms with Crippen LogP contribution in [0.15, 0.2) is 30.3 Å². The van der Waals surface area contributed by atoms with Gasteiger partial charge in [-0.05, 0) is 12.1 Å². The van der Waals surface area contributed by atoms with Crippen LogP contribution in [0.2, 0.25) is 0 Å². The van der Waals surface area contributed by atoms with Crippen LogP contribution in [0, 0.1) is 10.8 Å². The third kappa shape index (κ3) is 2.59. The van der Waals surface area contributed by atoms with E-state index in [9.17, 15) is 0 Å². The van der Waals surface area contributed by atoms with E-state index in [-0.39, 0.29) is 11.7 Å². The van der Waals surface area contributed by atoms with E-state index in [1.54, 1.807) is 0 Å². The summed E-state index contributed by atoms with van der Waals surface area (Å²) in [5.74, 6) is -0.224. The zero-order chi connectivity index (χ0) is 9.68. The summed E-state index contributed by atoms with van der Waals surface area (Å²) >= 11 is 0. The number of amidine groups is 1. The average molecular weight is 177 g/mol. The molecule has 0 fully saturated rings. The highest BCUT2D eigenvalue weighted by Crippen LogP contribution is 2.04. The Morgan fingerprint density at radius 3 is 2.38 bits per heavy atom. The van der Waals surface area contributed by atoms with Gasteiger partial charge in [-0.1, -0.05) is 18.2 Å². The zero-order valence-electron chi connectivity index (χ0n) is 7.29. The standard InChI is InChI=1S/C9H11N3O/c1-13-9(11)8(10)12-7-5-3-2-4-6-7/h2-6,11H,1H3,(H2,10,12). The molecule has 4 heteroatoms. The molecular formula is C9H11N3O. The van der Waals surface area contributed by atoms with Gasteiger partial charge in [-0.3, -0.25) is 10.8 Å². The molecule has 0 amide bonds. The van der Waals surface area contributed by atoms with Crippen molar-refractivity contribution in [2.24, 2.45) is 0 Å². The number of benzene rings is 1. The smallest absolute Gasteiger partial charge is 0.249 e. The predicted octanol–water partition coefficient (Wildman–Crippen LogP) is 1.70. The topological polar surface area (TPSA) is 69.0 Å². The quantitative estimate of drug-likeness (QED) is 0.451. The maximum Gasteiger partial charge on any atom is 0.249 e. The average Bonchev–Trinajstić information content (AvgIpc) is 2.18. The van der Waals surface area contributed by atoms with Gasteiger partial charge in [-0.25, -0.2) is 0 Å². The first-order chi connectivity index (χ1) is 6.24. The van der Waals surface area contributed by atoms with E-state index in [0.717, 1.165) is 5.69 Å². The number of hydrogen-bond acceptors (Lipinski definition) is 3. The number of anilines is 1. The van der Waals surface area contributed by atoms with Gasteiger partial charge < -0.3 is 10.1 Å².